The van der Waals surface area contributed by atoms with E-state index in [0.717, 1.165) is 5.56 Å². The van der Waals surface area contributed by atoms with Gasteiger partial charge in [-0.2, -0.15) is 0 Å². The van der Waals surface area contributed by atoms with Gasteiger partial charge in [0, 0.05) is 18.3 Å². The average molecular weight is 234 g/mol. The van der Waals surface area contributed by atoms with Crippen LogP contribution in [0.5, 0.6) is 0 Å². The van der Waals surface area contributed by atoms with Crippen LogP contribution in [0.15, 0.2) is 30.5 Å². The van der Waals surface area contributed by atoms with Gasteiger partial charge in [-0.3, -0.25) is 15.0 Å². The molecule has 0 bridgehead atoms. The molecule has 1 saturated heterocycles. The molecule has 1 aliphatic rings. The second kappa shape index (κ2) is 4.65. The van der Waals surface area contributed by atoms with Gasteiger partial charge in [0.15, 0.2) is 0 Å². The fraction of sp³-hybridized carbons (Fsp3) is 0.182. The zero-order valence-corrected chi connectivity index (χ0v) is 8.91. The third-order valence-electron chi connectivity index (χ3n) is 2.34. The van der Waals surface area contributed by atoms with Crippen LogP contribution in [0.4, 0.5) is 10.5 Å². The maximum Gasteiger partial charge on any atom is 0.413 e. The molecule has 2 rings (SSSR count). The molecule has 1 aromatic carbocycles. The summed E-state index contributed by atoms with van der Waals surface area (Å²) in [6.07, 6.45) is 2.94. The largest absolute Gasteiger partial charge is 0.447 e. The molecule has 0 aromatic heterocycles. The molecule has 88 valence electrons. The standard InChI is InChI=1S/C11H10N2O4/c14-11-12(7-8-17-11)6-5-9-1-3-10(4-2-9)13(15)16/h1-6H,7-8H2. The van der Waals surface area contributed by atoms with E-state index in [1.807, 2.05) is 0 Å². The second-order valence-electron chi connectivity index (χ2n) is 3.47. The number of carbonyl (C=O) groups is 1. The lowest BCUT2D eigenvalue weighted by Gasteiger charge is -2.04. The monoisotopic (exact) mass is 234 g/mol. The first-order valence-corrected chi connectivity index (χ1v) is 5.03. The highest BCUT2D eigenvalue weighted by Crippen LogP contribution is 2.13. The van der Waals surface area contributed by atoms with E-state index in [1.54, 1.807) is 24.4 Å². The lowest BCUT2D eigenvalue weighted by molar-refractivity contribution is -0.384. The number of hydrogen-bond acceptors (Lipinski definition) is 4. The Morgan fingerprint density at radius 3 is 2.59 bits per heavy atom. The van der Waals surface area contributed by atoms with E-state index in [9.17, 15) is 14.9 Å². The Morgan fingerprint density at radius 1 is 1.35 bits per heavy atom. The molecule has 1 fully saturated rings. The average Bonchev–Trinajstić information content (AvgIpc) is 2.73. The van der Waals surface area contributed by atoms with Crippen LogP contribution < -0.4 is 0 Å². The minimum absolute atomic E-state index is 0.0442. The number of non-ortho nitro benzene ring substituents is 1. The SMILES string of the molecule is O=C1OCCN1C=Cc1ccc([N+](=O)[O-])cc1. The highest BCUT2D eigenvalue weighted by atomic mass is 16.6. The van der Waals surface area contributed by atoms with Crippen molar-refractivity contribution in [1.29, 1.82) is 0 Å². The number of ether oxygens (including phenoxy) is 1. The number of nitro benzene ring substituents is 1. The van der Waals surface area contributed by atoms with Crippen molar-refractivity contribution in [3.8, 4) is 0 Å². The molecule has 1 heterocycles. The Hall–Kier alpha value is -2.37. The normalized spacial score (nSPS) is 15.3. The van der Waals surface area contributed by atoms with Gasteiger partial charge in [0.2, 0.25) is 0 Å². The maximum atomic E-state index is 11.1. The fourth-order valence-electron chi connectivity index (χ4n) is 1.42. The summed E-state index contributed by atoms with van der Waals surface area (Å²) in [4.78, 5) is 22.5. The van der Waals surface area contributed by atoms with Gasteiger partial charge in [-0.05, 0) is 23.8 Å². The van der Waals surface area contributed by atoms with E-state index in [0.29, 0.717) is 13.2 Å². The lowest BCUT2D eigenvalue weighted by atomic mass is 10.2. The van der Waals surface area contributed by atoms with Crippen molar-refractivity contribution in [2.75, 3.05) is 13.2 Å². The van der Waals surface area contributed by atoms with Gasteiger partial charge in [0.25, 0.3) is 5.69 Å². The molecule has 0 radical (unpaired) electrons. The van der Waals surface area contributed by atoms with Gasteiger partial charge in [-0.25, -0.2) is 4.79 Å². The third kappa shape index (κ3) is 2.60. The van der Waals surface area contributed by atoms with Gasteiger partial charge in [-0.15, -0.1) is 0 Å². The van der Waals surface area contributed by atoms with Crippen LogP contribution in [0, 0.1) is 10.1 Å². The Kier molecular flexibility index (Phi) is 3.04. The number of rotatable bonds is 3. The van der Waals surface area contributed by atoms with Crippen LogP contribution in [-0.2, 0) is 4.74 Å². The fourth-order valence-corrected chi connectivity index (χ4v) is 1.42. The van der Waals surface area contributed by atoms with Crippen LogP contribution in [0.3, 0.4) is 0 Å². The molecule has 1 amide bonds. The second-order valence-corrected chi connectivity index (χ2v) is 3.47. The van der Waals surface area contributed by atoms with Gasteiger partial charge in [0.1, 0.15) is 6.61 Å². The zero-order valence-electron chi connectivity index (χ0n) is 8.91. The molecule has 0 atom stereocenters. The molecule has 17 heavy (non-hydrogen) atoms. The van der Waals surface area contributed by atoms with Crippen LogP contribution in [0.25, 0.3) is 6.08 Å². The number of cyclic esters (lactones) is 1. The first kappa shape index (κ1) is 11.1. The topological polar surface area (TPSA) is 72.7 Å². The van der Waals surface area contributed by atoms with Crippen molar-refractivity contribution in [3.05, 3.63) is 46.1 Å². The first-order valence-electron chi connectivity index (χ1n) is 5.03. The maximum absolute atomic E-state index is 11.1. The number of benzene rings is 1. The van der Waals surface area contributed by atoms with Crippen molar-refractivity contribution in [1.82, 2.24) is 4.90 Å². The van der Waals surface area contributed by atoms with Gasteiger partial charge in [0.05, 0.1) is 11.5 Å². The molecule has 0 unspecified atom stereocenters. The van der Waals surface area contributed by atoms with E-state index in [4.69, 9.17) is 4.74 Å². The van der Waals surface area contributed by atoms with Gasteiger partial charge in [-0.1, -0.05) is 0 Å². The van der Waals surface area contributed by atoms with E-state index < -0.39 is 4.92 Å². The highest BCUT2D eigenvalue weighted by Gasteiger charge is 2.18. The van der Waals surface area contributed by atoms with Crippen molar-refractivity contribution in [3.63, 3.8) is 0 Å². The van der Waals surface area contributed by atoms with E-state index in [2.05, 4.69) is 0 Å². The zero-order chi connectivity index (χ0) is 12.3. The molecule has 6 nitrogen and oxygen atoms in total. The Labute approximate surface area is 97.2 Å². The Morgan fingerprint density at radius 2 is 2.06 bits per heavy atom. The van der Waals surface area contributed by atoms with Gasteiger partial charge < -0.3 is 4.74 Å². The summed E-state index contributed by atoms with van der Waals surface area (Å²) in [6.45, 7) is 0.922. The highest BCUT2D eigenvalue weighted by molar-refractivity contribution is 5.72. The summed E-state index contributed by atoms with van der Waals surface area (Å²) in [6, 6.07) is 6.08. The number of carbonyl (C=O) groups excluding carboxylic acids is 1. The molecule has 0 spiro atoms. The van der Waals surface area contributed by atoms with Crippen LogP contribution >= 0.6 is 0 Å². The van der Waals surface area contributed by atoms with E-state index in [1.165, 1.54) is 17.0 Å². The van der Waals surface area contributed by atoms with E-state index >= 15 is 0 Å². The molecular formula is C11H10N2O4. The summed E-state index contributed by atoms with van der Waals surface area (Å²) < 4.78 is 4.75. The molecule has 1 aromatic rings. The molecule has 1 aliphatic heterocycles. The van der Waals surface area contributed by atoms with Gasteiger partial charge >= 0.3 is 6.09 Å². The van der Waals surface area contributed by atoms with Crippen LogP contribution in [0.1, 0.15) is 5.56 Å². The van der Waals surface area contributed by atoms with Crippen molar-refractivity contribution >= 4 is 17.9 Å². The van der Waals surface area contributed by atoms with Crippen LogP contribution in [-0.4, -0.2) is 29.1 Å². The number of nitro groups is 1. The summed E-state index contributed by atoms with van der Waals surface area (Å²) in [7, 11) is 0. The lowest BCUT2D eigenvalue weighted by Crippen LogP contribution is -2.16. The van der Waals surface area contributed by atoms with E-state index in [-0.39, 0.29) is 11.8 Å². The summed E-state index contributed by atoms with van der Waals surface area (Å²) in [5, 5.41) is 10.4. The Bertz CT molecular complexity index is 467. The Balaban J connectivity index is 2.06. The molecule has 0 aliphatic carbocycles. The quantitative estimate of drug-likeness (QED) is 0.592. The molecule has 6 heteroatoms. The summed E-state index contributed by atoms with van der Waals surface area (Å²) in [5.74, 6) is 0. The van der Waals surface area contributed by atoms with Crippen molar-refractivity contribution < 1.29 is 14.5 Å². The summed E-state index contributed by atoms with van der Waals surface area (Å²) >= 11 is 0. The number of nitrogens with zero attached hydrogens (tertiary/aromatic N) is 2. The summed E-state index contributed by atoms with van der Waals surface area (Å²) in [5.41, 5.74) is 0.832. The molecular weight excluding hydrogens is 224 g/mol. The predicted octanol–water partition coefficient (Wildman–Crippen LogP) is 2.02. The number of hydrogen-bond donors (Lipinski definition) is 0. The minimum atomic E-state index is -0.453. The predicted molar refractivity (Wildman–Crippen MR) is 60.2 cm³/mol. The van der Waals surface area contributed by atoms with Crippen molar-refractivity contribution in [2.24, 2.45) is 0 Å². The van der Waals surface area contributed by atoms with Crippen molar-refractivity contribution in [2.45, 2.75) is 0 Å². The van der Waals surface area contributed by atoms with Crippen LogP contribution in [0.2, 0.25) is 0 Å². The molecule has 0 N–H and O–H groups in total. The minimum Gasteiger partial charge on any atom is -0.447 e. The smallest absolute Gasteiger partial charge is 0.413 e. The number of amides is 1. The first-order chi connectivity index (χ1) is 8.16. The third-order valence-corrected chi connectivity index (χ3v) is 2.34. The molecule has 0 saturated carbocycles.